The molecule has 0 aliphatic carbocycles. The Morgan fingerprint density at radius 2 is 1.43 bits per heavy atom. The molecule has 0 saturated carbocycles. The molecule has 0 amide bonds. The molecule has 0 aromatic rings. The van der Waals surface area contributed by atoms with Crippen LogP contribution in [0.5, 0.6) is 0 Å². The molecule has 0 radical (unpaired) electrons. The minimum Gasteiger partial charge on any atom is -0.387 e. The first-order valence-electron chi connectivity index (χ1n) is 12.3. The molecule has 4 atom stereocenters. The van der Waals surface area contributed by atoms with E-state index in [0.29, 0.717) is 6.61 Å². The van der Waals surface area contributed by atoms with Crippen molar-refractivity contribution in [2.45, 2.75) is 141 Å². The van der Waals surface area contributed by atoms with Crippen LogP contribution in [0.2, 0.25) is 0 Å². The quantitative estimate of drug-likeness (QED) is 0.277. The number of unbranched alkanes of at least 4 members (excludes halogenated alkanes) is 10. The molecule has 1 N–H and O–H groups in total. The summed E-state index contributed by atoms with van der Waals surface area (Å²) in [5, 5.41) is 10.8. The van der Waals surface area contributed by atoms with E-state index in [1.54, 1.807) is 0 Å². The highest BCUT2D eigenvalue weighted by Gasteiger charge is 2.48. The molecule has 5 nitrogen and oxygen atoms in total. The number of hydrogen-bond donors (Lipinski definition) is 1. The summed E-state index contributed by atoms with van der Waals surface area (Å²) >= 11 is 0. The number of rotatable bonds is 14. The van der Waals surface area contributed by atoms with Gasteiger partial charge in [0.15, 0.2) is 11.6 Å². The van der Waals surface area contributed by atoms with Crippen LogP contribution in [0.15, 0.2) is 12.2 Å². The first-order chi connectivity index (χ1) is 14.2. The molecule has 0 aromatic carbocycles. The van der Waals surface area contributed by atoms with Crippen molar-refractivity contribution in [2.75, 3.05) is 6.61 Å². The van der Waals surface area contributed by atoms with E-state index in [4.69, 9.17) is 18.9 Å². The first-order valence-corrected chi connectivity index (χ1v) is 12.3. The summed E-state index contributed by atoms with van der Waals surface area (Å²) in [7, 11) is 0. The van der Waals surface area contributed by atoms with Gasteiger partial charge in [-0.05, 0) is 40.5 Å². The minimum absolute atomic E-state index is 0.273. The van der Waals surface area contributed by atoms with Crippen molar-refractivity contribution in [2.24, 2.45) is 0 Å². The average Bonchev–Trinajstić information content (AvgIpc) is 3.20. The predicted octanol–water partition coefficient (Wildman–Crippen LogP) is 5.89. The molecule has 2 aliphatic heterocycles. The van der Waals surface area contributed by atoms with Crippen molar-refractivity contribution in [3.05, 3.63) is 12.2 Å². The van der Waals surface area contributed by atoms with E-state index in [0.717, 1.165) is 6.42 Å². The SMILES string of the molecule is CCCCCCCCCCCCC=C[C@H]1OC(C)(C)O[C@H]1[C@H](O)[C@H]1COC(C)(C)O1. The largest absolute Gasteiger partial charge is 0.387 e. The van der Waals surface area contributed by atoms with E-state index in [1.165, 1.54) is 64.2 Å². The molecule has 2 fully saturated rings. The number of allylic oxidation sites excluding steroid dienone is 1. The number of ether oxygens (including phenoxy) is 4. The fraction of sp³-hybridized carbons (Fsp3) is 0.920. The van der Waals surface area contributed by atoms with Crippen molar-refractivity contribution in [3.63, 3.8) is 0 Å². The topological polar surface area (TPSA) is 57.2 Å². The van der Waals surface area contributed by atoms with Crippen LogP contribution in [0.1, 0.15) is 105 Å². The maximum absolute atomic E-state index is 10.8. The lowest BCUT2D eigenvalue weighted by Gasteiger charge is -2.26. The van der Waals surface area contributed by atoms with E-state index in [1.807, 2.05) is 27.7 Å². The van der Waals surface area contributed by atoms with Gasteiger partial charge < -0.3 is 24.1 Å². The molecule has 5 heteroatoms. The second kappa shape index (κ2) is 12.5. The molecule has 0 aromatic heterocycles. The Bertz CT molecular complexity index is 502. The predicted molar refractivity (Wildman–Crippen MR) is 120 cm³/mol. The van der Waals surface area contributed by atoms with Gasteiger partial charge in [0.05, 0.1) is 6.61 Å². The maximum Gasteiger partial charge on any atom is 0.164 e. The van der Waals surface area contributed by atoms with Crippen LogP contribution in [0.3, 0.4) is 0 Å². The number of aliphatic hydroxyl groups is 1. The monoisotopic (exact) mass is 426 g/mol. The summed E-state index contributed by atoms with van der Waals surface area (Å²) in [5.41, 5.74) is 0. The smallest absolute Gasteiger partial charge is 0.164 e. The van der Waals surface area contributed by atoms with E-state index in [2.05, 4.69) is 19.1 Å². The van der Waals surface area contributed by atoms with E-state index < -0.39 is 29.9 Å². The molecule has 2 aliphatic rings. The van der Waals surface area contributed by atoms with Crippen LogP contribution in [-0.4, -0.2) is 47.7 Å². The highest BCUT2D eigenvalue weighted by Crippen LogP contribution is 2.34. The van der Waals surface area contributed by atoms with Crippen LogP contribution in [0.4, 0.5) is 0 Å². The fourth-order valence-electron chi connectivity index (χ4n) is 4.31. The second-order valence-corrected chi connectivity index (χ2v) is 9.82. The standard InChI is InChI=1S/C25H46O5/c1-6-7-8-9-10-11-12-13-14-15-16-17-18-20-23(30-25(4,5)28-20)22(26)21-19-27-24(2,3)29-21/h17-18,20-23,26H,6-16,19H2,1-5H3/t20-,21-,22-,23-/m1/s1. The van der Waals surface area contributed by atoms with Gasteiger partial charge in [-0.25, -0.2) is 0 Å². The van der Waals surface area contributed by atoms with Crippen molar-refractivity contribution < 1.29 is 24.1 Å². The minimum atomic E-state index is -0.791. The molecule has 0 bridgehead atoms. The van der Waals surface area contributed by atoms with Gasteiger partial charge >= 0.3 is 0 Å². The van der Waals surface area contributed by atoms with Crippen molar-refractivity contribution in [1.29, 1.82) is 0 Å². The summed E-state index contributed by atoms with van der Waals surface area (Å²) in [4.78, 5) is 0. The third-order valence-electron chi connectivity index (χ3n) is 5.96. The summed E-state index contributed by atoms with van der Waals surface area (Å²) in [6.07, 6.45) is 16.8. The lowest BCUT2D eigenvalue weighted by molar-refractivity contribution is -0.178. The molecule has 0 spiro atoms. The summed E-state index contributed by atoms with van der Waals surface area (Å²) in [5.74, 6) is -1.38. The molecule has 2 saturated heterocycles. The average molecular weight is 427 g/mol. The van der Waals surface area contributed by atoms with Gasteiger partial charge in [-0.1, -0.05) is 76.9 Å². The number of hydrogen-bond acceptors (Lipinski definition) is 5. The van der Waals surface area contributed by atoms with E-state index in [-0.39, 0.29) is 6.10 Å². The Kier molecular flexibility index (Phi) is 10.8. The molecule has 176 valence electrons. The van der Waals surface area contributed by atoms with Gasteiger partial charge in [0.1, 0.15) is 24.4 Å². The highest BCUT2D eigenvalue weighted by atomic mass is 16.8. The Morgan fingerprint density at radius 1 is 0.833 bits per heavy atom. The van der Waals surface area contributed by atoms with Crippen LogP contribution in [0.25, 0.3) is 0 Å². The second-order valence-electron chi connectivity index (χ2n) is 9.82. The zero-order valence-electron chi connectivity index (χ0n) is 20.0. The first kappa shape index (κ1) is 25.8. The molecule has 2 rings (SSSR count). The lowest BCUT2D eigenvalue weighted by atomic mass is 10.0. The summed E-state index contributed by atoms with van der Waals surface area (Å²) in [6, 6.07) is 0. The Hall–Kier alpha value is -0.460. The van der Waals surface area contributed by atoms with Crippen LogP contribution in [-0.2, 0) is 18.9 Å². The van der Waals surface area contributed by atoms with Gasteiger partial charge in [0, 0.05) is 0 Å². The Labute approximate surface area is 184 Å². The zero-order chi connectivity index (χ0) is 22.0. The normalized spacial score (nSPS) is 29.1. The van der Waals surface area contributed by atoms with Crippen molar-refractivity contribution in [3.8, 4) is 0 Å². The van der Waals surface area contributed by atoms with Gasteiger partial charge in [-0.3, -0.25) is 0 Å². The molecule has 0 unspecified atom stereocenters. The molecule has 30 heavy (non-hydrogen) atoms. The van der Waals surface area contributed by atoms with Gasteiger partial charge in [-0.2, -0.15) is 0 Å². The number of aliphatic hydroxyl groups excluding tert-OH is 1. The molecular formula is C25H46O5. The van der Waals surface area contributed by atoms with E-state index in [9.17, 15) is 5.11 Å². The van der Waals surface area contributed by atoms with Crippen LogP contribution >= 0.6 is 0 Å². The summed E-state index contributed by atoms with van der Waals surface area (Å²) in [6.45, 7) is 10.1. The Balaban J connectivity index is 1.65. The maximum atomic E-state index is 10.8. The Morgan fingerprint density at radius 3 is 2.00 bits per heavy atom. The molecule has 2 heterocycles. The van der Waals surface area contributed by atoms with Gasteiger partial charge in [0.25, 0.3) is 0 Å². The third-order valence-corrected chi connectivity index (χ3v) is 5.96. The van der Waals surface area contributed by atoms with Gasteiger partial charge in [-0.15, -0.1) is 0 Å². The van der Waals surface area contributed by atoms with Crippen molar-refractivity contribution in [1.82, 2.24) is 0 Å². The van der Waals surface area contributed by atoms with Gasteiger partial charge in [0.2, 0.25) is 0 Å². The van der Waals surface area contributed by atoms with Crippen LogP contribution in [0, 0.1) is 0 Å². The highest BCUT2D eigenvalue weighted by molar-refractivity contribution is 5.02. The van der Waals surface area contributed by atoms with Crippen LogP contribution < -0.4 is 0 Å². The molecular weight excluding hydrogens is 380 g/mol. The third kappa shape index (κ3) is 8.96. The fourth-order valence-corrected chi connectivity index (χ4v) is 4.31. The lowest BCUT2D eigenvalue weighted by Crippen LogP contribution is -2.44. The zero-order valence-corrected chi connectivity index (χ0v) is 20.0. The van der Waals surface area contributed by atoms with E-state index >= 15 is 0 Å². The summed E-state index contributed by atoms with van der Waals surface area (Å²) < 4.78 is 23.5. The van der Waals surface area contributed by atoms with Crippen molar-refractivity contribution >= 4 is 0 Å².